The van der Waals surface area contributed by atoms with E-state index < -0.39 is 28.5 Å². The number of furan rings is 1. The number of non-ortho nitro benzene ring substituents is 1. The van der Waals surface area contributed by atoms with Crippen LogP contribution in [0.1, 0.15) is 27.8 Å². The van der Waals surface area contributed by atoms with Crippen LogP contribution >= 0.6 is 11.6 Å². The van der Waals surface area contributed by atoms with Gasteiger partial charge in [-0.2, -0.15) is 0 Å². The lowest BCUT2D eigenvalue weighted by Crippen LogP contribution is -2.27. The molecule has 0 saturated carbocycles. The number of carbonyl (C=O) groups is 2. The van der Waals surface area contributed by atoms with E-state index in [1.165, 1.54) is 37.0 Å². The highest BCUT2D eigenvalue weighted by atomic mass is 35.5. The van der Waals surface area contributed by atoms with Gasteiger partial charge in [0.2, 0.25) is 11.8 Å². The van der Waals surface area contributed by atoms with Crippen molar-refractivity contribution in [2.75, 3.05) is 5.32 Å². The van der Waals surface area contributed by atoms with Gasteiger partial charge in [0, 0.05) is 24.7 Å². The Morgan fingerprint density at radius 1 is 1.23 bits per heavy atom. The molecule has 12 heteroatoms. The summed E-state index contributed by atoms with van der Waals surface area (Å²) in [6, 6.07) is 11.7. The summed E-state index contributed by atoms with van der Waals surface area (Å²) in [5.74, 6) is -1.63. The lowest BCUT2D eigenvalue weighted by atomic mass is 10.1. The first-order valence-electron chi connectivity index (χ1n) is 10.1. The van der Waals surface area contributed by atoms with Crippen molar-refractivity contribution in [2.45, 2.75) is 13.0 Å². The average Bonchev–Trinajstić information content (AvgIpc) is 3.18. The van der Waals surface area contributed by atoms with E-state index in [1.807, 2.05) is 0 Å². The third-order valence-electron chi connectivity index (χ3n) is 5.14. The number of rotatable bonds is 6. The largest absolute Gasteiger partial charge is 0.444 e. The van der Waals surface area contributed by atoms with Crippen LogP contribution < -0.4 is 10.9 Å². The van der Waals surface area contributed by atoms with Gasteiger partial charge >= 0.3 is 5.97 Å². The Morgan fingerprint density at radius 2 is 1.94 bits per heavy atom. The number of ether oxygens (including phenoxy) is 1. The zero-order valence-electron chi connectivity index (χ0n) is 18.4. The maximum absolute atomic E-state index is 13.2. The lowest BCUT2D eigenvalue weighted by molar-refractivity contribution is -0.384. The first kappa shape index (κ1) is 23.6. The number of amides is 1. The zero-order chi connectivity index (χ0) is 25.3. The van der Waals surface area contributed by atoms with Crippen LogP contribution in [0.2, 0.25) is 5.02 Å². The molecule has 178 valence electrons. The van der Waals surface area contributed by atoms with E-state index in [1.54, 1.807) is 30.3 Å². The van der Waals surface area contributed by atoms with Gasteiger partial charge in [-0.1, -0.05) is 41.9 Å². The van der Waals surface area contributed by atoms with Gasteiger partial charge in [-0.25, -0.2) is 9.78 Å². The number of fused-ring (bicyclic) bond motifs is 1. The van der Waals surface area contributed by atoms with Crippen LogP contribution in [0.4, 0.5) is 11.4 Å². The number of anilines is 1. The molecule has 0 fully saturated rings. The van der Waals surface area contributed by atoms with Crippen LogP contribution in [0.25, 0.3) is 11.1 Å². The molecule has 2 heterocycles. The van der Waals surface area contributed by atoms with Crippen LogP contribution in [0.15, 0.2) is 64.1 Å². The molecule has 2 aromatic carbocycles. The molecule has 1 atom stereocenters. The van der Waals surface area contributed by atoms with Crippen molar-refractivity contribution in [3.05, 3.63) is 97.2 Å². The molecule has 1 N–H and O–H groups in total. The summed E-state index contributed by atoms with van der Waals surface area (Å²) in [5, 5.41) is 13.3. The van der Waals surface area contributed by atoms with Crippen LogP contribution in [-0.2, 0) is 16.6 Å². The molecule has 0 aliphatic heterocycles. The first-order valence-corrected chi connectivity index (χ1v) is 10.5. The molecule has 2 aromatic heterocycles. The summed E-state index contributed by atoms with van der Waals surface area (Å²) in [6.07, 6.45) is -0.184. The second-order valence-electron chi connectivity index (χ2n) is 7.48. The number of benzene rings is 2. The van der Waals surface area contributed by atoms with Crippen molar-refractivity contribution < 1.29 is 23.7 Å². The molecule has 35 heavy (non-hydrogen) atoms. The van der Waals surface area contributed by atoms with Gasteiger partial charge in [0.15, 0.2) is 0 Å². The monoisotopic (exact) mass is 496 g/mol. The van der Waals surface area contributed by atoms with Crippen molar-refractivity contribution in [2.24, 2.45) is 7.05 Å². The van der Waals surface area contributed by atoms with Crippen molar-refractivity contribution >= 4 is 46.0 Å². The Morgan fingerprint density at radius 3 is 2.60 bits per heavy atom. The highest BCUT2D eigenvalue weighted by Gasteiger charge is 2.30. The average molecular weight is 497 g/mol. The molecular formula is C23H17ClN4O7. The van der Waals surface area contributed by atoms with Gasteiger partial charge in [-0.05, 0) is 13.0 Å². The first-order chi connectivity index (χ1) is 16.7. The van der Waals surface area contributed by atoms with E-state index in [4.69, 9.17) is 20.8 Å². The van der Waals surface area contributed by atoms with Crippen molar-refractivity contribution in [3.63, 3.8) is 0 Å². The SMILES string of the molecule is Cc1oc2ncn(C)c(=O)c2c1C(=O)OC(C(=O)Nc1ccc([N+](=O)[O-])cc1Cl)c1ccccc1. The Labute approximate surface area is 202 Å². The van der Waals surface area contributed by atoms with Gasteiger partial charge in [-0.15, -0.1) is 0 Å². The summed E-state index contributed by atoms with van der Waals surface area (Å²) >= 11 is 6.09. The van der Waals surface area contributed by atoms with E-state index in [0.29, 0.717) is 5.56 Å². The number of nitrogens with zero attached hydrogens (tertiary/aromatic N) is 3. The Bertz CT molecular complexity index is 1530. The van der Waals surface area contributed by atoms with Crippen molar-refractivity contribution in [1.82, 2.24) is 9.55 Å². The summed E-state index contributed by atoms with van der Waals surface area (Å²) in [5.41, 5.74) is -0.518. The van der Waals surface area contributed by atoms with Crippen LogP contribution in [-0.4, -0.2) is 26.4 Å². The van der Waals surface area contributed by atoms with E-state index in [2.05, 4.69) is 10.3 Å². The van der Waals surface area contributed by atoms with Crippen molar-refractivity contribution in [3.8, 4) is 0 Å². The number of aryl methyl sites for hydroxylation is 2. The van der Waals surface area contributed by atoms with Gasteiger partial charge in [-0.3, -0.25) is 19.7 Å². The maximum Gasteiger partial charge on any atom is 0.343 e. The predicted molar refractivity (Wildman–Crippen MR) is 125 cm³/mol. The molecule has 1 amide bonds. The van der Waals surface area contributed by atoms with Gasteiger partial charge < -0.3 is 19.0 Å². The lowest BCUT2D eigenvalue weighted by Gasteiger charge is -2.18. The Hall–Kier alpha value is -4.51. The number of nitro benzene ring substituents is 1. The second kappa shape index (κ2) is 9.39. The third-order valence-corrected chi connectivity index (χ3v) is 5.45. The van der Waals surface area contributed by atoms with Gasteiger partial charge in [0.25, 0.3) is 17.2 Å². The number of hydrogen-bond acceptors (Lipinski definition) is 8. The summed E-state index contributed by atoms with van der Waals surface area (Å²) in [7, 11) is 1.47. The fourth-order valence-corrected chi connectivity index (χ4v) is 3.64. The Balaban J connectivity index is 1.69. The maximum atomic E-state index is 13.2. The van der Waals surface area contributed by atoms with Crippen LogP contribution in [0, 0.1) is 17.0 Å². The summed E-state index contributed by atoms with van der Waals surface area (Å²) in [6.45, 7) is 1.48. The number of nitro groups is 1. The minimum Gasteiger partial charge on any atom is -0.444 e. The molecule has 1 unspecified atom stereocenters. The summed E-state index contributed by atoms with van der Waals surface area (Å²) < 4.78 is 12.2. The number of carbonyl (C=O) groups excluding carboxylic acids is 2. The van der Waals surface area contributed by atoms with Gasteiger partial charge in [0.05, 0.1) is 15.6 Å². The minimum atomic E-state index is -1.44. The molecule has 0 aliphatic rings. The van der Waals surface area contributed by atoms with Crippen molar-refractivity contribution in [1.29, 1.82) is 0 Å². The number of nitrogens with one attached hydrogen (secondary N) is 1. The quantitative estimate of drug-likeness (QED) is 0.240. The van der Waals surface area contributed by atoms with Crippen LogP contribution in [0.5, 0.6) is 0 Å². The molecule has 0 bridgehead atoms. The standard InChI is InChI=1S/C23H17ClN4O7/c1-12-17(18-21(34-12)25-11-27(2)22(18)30)23(31)35-19(13-6-4-3-5-7-13)20(29)26-16-9-8-14(28(32)33)10-15(16)24/h3-11,19H,1-2H3,(H,26,29). The molecule has 0 aliphatic carbocycles. The highest BCUT2D eigenvalue weighted by molar-refractivity contribution is 6.34. The summed E-state index contributed by atoms with van der Waals surface area (Å²) in [4.78, 5) is 53.3. The Kier molecular flexibility index (Phi) is 6.34. The fourth-order valence-electron chi connectivity index (χ4n) is 3.42. The predicted octanol–water partition coefficient (Wildman–Crippen LogP) is 3.93. The molecule has 0 radical (unpaired) electrons. The van der Waals surface area contributed by atoms with Crippen LogP contribution in [0.3, 0.4) is 0 Å². The zero-order valence-corrected chi connectivity index (χ0v) is 19.1. The van der Waals surface area contributed by atoms with E-state index in [0.717, 1.165) is 6.07 Å². The number of aromatic nitrogens is 2. The molecular weight excluding hydrogens is 480 g/mol. The fraction of sp³-hybridized carbons (Fsp3) is 0.130. The number of esters is 1. The third kappa shape index (κ3) is 4.62. The highest BCUT2D eigenvalue weighted by Crippen LogP contribution is 2.30. The molecule has 0 saturated heterocycles. The normalized spacial score (nSPS) is 11.7. The van der Waals surface area contributed by atoms with Gasteiger partial charge in [0.1, 0.15) is 23.0 Å². The molecule has 0 spiro atoms. The van der Waals surface area contributed by atoms with E-state index in [9.17, 15) is 24.5 Å². The molecule has 4 aromatic rings. The van der Waals surface area contributed by atoms with E-state index >= 15 is 0 Å². The smallest absolute Gasteiger partial charge is 0.343 e. The topological polar surface area (TPSA) is 147 Å². The molecule has 11 nitrogen and oxygen atoms in total. The number of halogens is 1. The second-order valence-corrected chi connectivity index (χ2v) is 7.89. The number of hydrogen-bond donors (Lipinski definition) is 1. The molecule has 4 rings (SSSR count). The minimum absolute atomic E-state index is 0.0316. The van der Waals surface area contributed by atoms with E-state index in [-0.39, 0.29) is 38.8 Å².